The molecule has 21 heavy (non-hydrogen) atoms. The van der Waals surface area contributed by atoms with Crippen molar-refractivity contribution in [3.8, 4) is 0 Å². The van der Waals surface area contributed by atoms with E-state index in [1.54, 1.807) is 0 Å². The van der Waals surface area contributed by atoms with E-state index < -0.39 is 0 Å². The van der Waals surface area contributed by atoms with Crippen molar-refractivity contribution in [3.05, 3.63) is 34.9 Å². The van der Waals surface area contributed by atoms with Gasteiger partial charge in [0.2, 0.25) is 0 Å². The summed E-state index contributed by atoms with van der Waals surface area (Å²) < 4.78 is 0. The second-order valence-electron chi connectivity index (χ2n) is 6.60. The van der Waals surface area contributed by atoms with Gasteiger partial charge in [-0.15, -0.1) is 0 Å². The van der Waals surface area contributed by atoms with Crippen LogP contribution in [0.25, 0.3) is 0 Å². The average Bonchev–Trinajstić information content (AvgIpc) is 3.05. The van der Waals surface area contributed by atoms with Crippen molar-refractivity contribution in [2.75, 3.05) is 13.1 Å². The lowest BCUT2D eigenvalue weighted by Gasteiger charge is -2.26. The molecule has 1 aromatic rings. The summed E-state index contributed by atoms with van der Waals surface area (Å²) in [5, 5.41) is 0. The van der Waals surface area contributed by atoms with Crippen molar-refractivity contribution in [2.24, 2.45) is 0 Å². The molecule has 1 aliphatic heterocycles. The molecule has 0 spiro atoms. The predicted octanol–water partition coefficient (Wildman–Crippen LogP) is 4.01. The molecule has 0 aromatic heterocycles. The number of fused-ring (bicyclic) bond motifs is 1. The molecule has 1 aliphatic carbocycles. The number of ketones is 1. The van der Waals surface area contributed by atoms with Gasteiger partial charge in [0.1, 0.15) is 0 Å². The molecule has 0 unspecified atom stereocenters. The molecule has 1 fully saturated rings. The number of hydrogen-bond acceptors (Lipinski definition) is 2. The molecule has 0 amide bonds. The average molecular weight is 285 g/mol. The molecule has 2 aliphatic rings. The first kappa shape index (κ1) is 14.8. The lowest BCUT2D eigenvalue weighted by molar-refractivity contribution is 0.0837. The Hall–Kier alpha value is -1.15. The highest BCUT2D eigenvalue weighted by molar-refractivity contribution is 6.00. The molecule has 1 saturated heterocycles. The topological polar surface area (TPSA) is 20.3 Å². The third-order valence-electron chi connectivity index (χ3n) is 5.08. The lowest BCUT2D eigenvalue weighted by atomic mass is 9.88. The van der Waals surface area contributed by atoms with Crippen molar-refractivity contribution < 1.29 is 4.79 Å². The Labute approximate surface area is 128 Å². The highest BCUT2D eigenvalue weighted by Crippen LogP contribution is 2.25. The summed E-state index contributed by atoms with van der Waals surface area (Å²) >= 11 is 0. The second-order valence-corrected chi connectivity index (χ2v) is 6.60. The van der Waals surface area contributed by atoms with E-state index in [4.69, 9.17) is 0 Å². The third-order valence-corrected chi connectivity index (χ3v) is 5.08. The molecule has 1 heterocycles. The van der Waals surface area contributed by atoms with Gasteiger partial charge in [0.25, 0.3) is 0 Å². The predicted molar refractivity (Wildman–Crippen MR) is 86.9 cm³/mol. The van der Waals surface area contributed by atoms with Gasteiger partial charge in [0.15, 0.2) is 5.78 Å². The number of hydrogen-bond donors (Lipinski definition) is 0. The van der Waals surface area contributed by atoms with E-state index >= 15 is 0 Å². The molecule has 1 aromatic carbocycles. The number of rotatable bonds is 5. The first-order valence-corrected chi connectivity index (χ1v) is 8.69. The van der Waals surface area contributed by atoms with Gasteiger partial charge in [-0.2, -0.15) is 0 Å². The Kier molecular flexibility index (Phi) is 4.74. The first-order valence-electron chi connectivity index (χ1n) is 8.69. The normalized spacial score (nSPS) is 20.2. The van der Waals surface area contributed by atoms with Gasteiger partial charge in [-0.3, -0.25) is 9.69 Å². The minimum Gasteiger partial charge on any atom is -0.293 e. The minimum absolute atomic E-state index is 0.110. The van der Waals surface area contributed by atoms with Crippen LogP contribution in [0.3, 0.4) is 0 Å². The Morgan fingerprint density at radius 3 is 2.52 bits per heavy atom. The molecule has 2 heteroatoms. The highest BCUT2D eigenvalue weighted by Gasteiger charge is 2.28. The van der Waals surface area contributed by atoms with Crippen molar-refractivity contribution >= 4 is 5.78 Å². The SMILES string of the molecule is CCC[C@@H](C(=O)c1ccc2c(c1)CCCC2)N1CCCC1. The second kappa shape index (κ2) is 6.74. The fourth-order valence-electron chi connectivity index (χ4n) is 3.89. The van der Waals surface area contributed by atoms with Gasteiger partial charge < -0.3 is 0 Å². The van der Waals surface area contributed by atoms with E-state index in [2.05, 4.69) is 30.0 Å². The number of carbonyl (C=O) groups is 1. The molecular weight excluding hydrogens is 258 g/mol. The van der Waals surface area contributed by atoms with Crippen molar-refractivity contribution in [2.45, 2.75) is 64.3 Å². The van der Waals surface area contributed by atoms with E-state index in [0.717, 1.165) is 37.9 Å². The van der Waals surface area contributed by atoms with Crippen LogP contribution in [0.4, 0.5) is 0 Å². The summed E-state index contributed by atoms with van der Waals surface area (Å²) in [5.74, 6) is 0.354. The van der Waals surface area contributed by atoms with Crippen LogP contribution < -0.4 is 0 Å². The molecule has 2 nitrogen and oxygen atoms in total. The van der Waals surface area contributed by atoms with E-state index in [-0.39, 0.29) is 6.04 Å². The summed E-state index contributed by atoms with van der Waals surface area (Å²) in [6, 6.07) is 6.58. The van der Waals surface area contributed by atoms with Crippen LogP contribution in [0.1, 0.15) is 66.9 Å². The van der Waals surface area contributed by atoms with E-state index in [9.17, 15) is 4.79 Å². The first-order chi connectivity index (χ1) is 10.3. The summed E-state index contributed by atoms with van der Waals surface area (Å²) in [7, 11) is 0. The maximum absolute atomic E-state index is 13.0. The van der Waals surface area contributed by atoms with Gasteiger partial charge >= 0.3 is 0 Å². The Balaban J connectivity index is 1.81. The van der Waals surface area contributed by atoms with E-state index in [0.29, 0.717) is 5.78 Å². The van der Waals surface area contributed by atoms with E-state index in [1.807, 2.05) is 0 Å². The maximum Gasteiger partial charge on any atom is 0.179 e. The molecule has 1 atom stereocenters. The fourth-order valence-corrected chi connectivity index (χ4v) is 3.89. The van der Waals surface area contributed by atoms with Gasteiger partial charge in [-0.25, -0.2) is 0 Å². The number of likely N-dealkylation sites (tertiary alicyclic amines) is 1. The van der Waals surface area contributed by atoms with Crippen LogP contribution in [0.5, 0.6) is 0 Å². The Bertz CT molecular complexity index is 502. The number of Topliss-reactive ketones (excluding diaryl/α,β-unsaturated/α-hetero) is 1. The van der Waals surface area contributed by atoms with Crippen molar-refractivity contribution in [3.63, 3.8) is 0 Å². The van der Waals surface area contributed by atoms with Gasteiger partial charge in [-0.05, 0) is 75.2 Å². The maximum atomic E-state index is 13.0. The molecule has 3 rings (SSSR count). The van der Waals surface area contributed by atoms with Gasteiger partial charge in [-0.1, -0.05) is 25.5 Å². The van der Waals surface area contributed by atoms with Crippen LogP contribution in [-0.2, 0) is 12.8 Å². The van der Waals surface area contributed by atoms with Gasteiger partial charge in [0, 0.05) is 5.56 Å². The van der Waals surface area contributed by atoms with Crippen LogP contribution in [0, 0.1) is 0 Å². The summed E-state index contributed by atoms with van der Waals surface area (Å²) in [6.45, 7) is 4.38. The molecular formula is C19H27NO. The van der Waals surface area contributed by atoms with E-state index in [1.165, 1.54) is 43.2 Å². The number of aryl methyl sites for hydroxylation is 2. The van der Waals surface area contributed by atoms with Crippen LogP contribution in [0.2, 0.25) is 0 Å². The number of benzene rings is 1. The van der Waals surface area contributed by atoms with Crippen LogP contribution in [-0.4, -0.2) is 29.8 Å². The zero-order chi connectivity index (χ0) is 14.7. The Morgan fingerprint density at radius 2 is 1.81 bits per heavy atom. The zero-order valence-electron chi connectivity index (χ0n) is 13.2. The highest BCUT2D eigenvalue weighted by atomic mass is 16.1. The summed E-state index contributed by atoms with van der Waals surface area (Å²) in [5.41, 5.74) is 3.83. The standard InChI is InChI=1S/C19H27NO/c1-2-7-18(20-12-5-6-13-20)19(21)17-11-10-15-8-3-4-9-16(15)14-17/h10-11,14,18H,2-9,12-13H2,1H3/t18-/m0/s1. The monoisotopic (exact) mass is 285 g/mol. The minimum atomic E-state index is 0.110. The molecule has 0 radical (unpaired) electrons. The summed E-state index contributed by atoms with van der Waals surface area (Å²) in [4.78, 5) is 15.4. The molecule has 0 bridgehead atoms. The number of nitrogens with zero attached hydrogens (tertiary/aromatic N) is 1. The van der Waals surface area contributed by atoms with Gasteiger partial charge in [0.05, 0.1) is 6.04 Å². The van der Waals surface area contributed by atoms with Crippen molar-refractivity contribution in [1.29, 1.82) is 0 Å². The summed E-state index contributed by atoms with van der Waals surface area (Å²) in [6.07, 6.45) is 9.48. The quantitative estimate of drug-likeness (QED) is 0.762. The molecule has 0 saturated carbocycles. The van der Waals surface area contributed by atoms with Crippen LogP contribution in [0.15, 0.2) is 18.2 Å². The smallest absolute Gasteiger partial charge is 0.179 e. The van der Waals surface area contributed by atoms with Crippen molar-refractivity contribution in [1.82, 2.24) is 4.90 Å². The molecule has 0 N–H and O–H groups in total. The third kappa shape index (κ3) is 3.21. The Morgan fingerprint density at radius 1 is 1.10 bits per heavy atom. The van der Waals surface area contributed by atoms with Crippen LogP contribution >= 0.6 is 0 Å². The largest absolute Gasteiger partial charge is 0.293 e. The zero-order valence-corrected chi connectivity index (χ0v) is 13.2. The fraction of sp³-hybridized carbons (Fsp3) is 0.632. The number of carbonyl (C=O) groups excluding carboxylic acids is 1. The molecule has 114 valence electrons. The lowest BCUT2D eigenvalue weighted by Crippen LogP contribution is -2.39.